The van der Waals surface area contributed by atoms with E-state index < -0.39 is 11.8 Å². The number of hydrogen-bond donors (Lipinski definition) is 3. The number of nitrogens with one attached hydrogen (secondary N) is 3. The monoisotopic (exact) mass is 386 g/mol. The van der Waals surface area contributed by atoms with E-state index in [1.165, 1.54) is 0 Å². The van der Waals surface area contributed by atoms with Gasteiger partial charge in [0.05, 0.1) is 6.54 Å². The number of rotatable bonds is 3. The smallest absolute Gasteiger partial charge is 0.313 e. The lowest BCUT2D eigenvalue weighted by Gasteiger charge is -2.06. The number of aryl methyl sites for hydroxylation is 1. The summed E-state index contributed by atoms with van der Waals surface area (Å²) >= 11 is 2.16. The van der Waals surface area contributed by atoms with Gasteiger partial charge >= 0.3 is 11.8 Å². The Kier molecular flexibility index (Phi) is 4.61. The molecule has 9 heteroatoms. The van der Waals surface area contributed by atoms with Crippen LogP contribution in [0.15, 0.2) is 18.2 Å². The highest BCUT2D eigenvalue weighted by atomic mass is 127. The zero-order chi connectivity index (χ0) is 14.5. The van der Waals surface area contributed by atoms with Gasteiger partial charge in [-0.2, -0.15) is 5.21 Å². The molecule has 0 aliphatic heterocycles. The molecule has 0 aliphatic carbocycles. The number of carbonyl (C=O) groups is 2. The minimum absolute atomic E-state index is 0.0359. The number of aromatic nitrogens is 4. The van der Waals surface area contributed by atoms with E-state index >= 15 is 0 Å². The van der Waals surface area contributed by atoms with Gasteiger partial charge in [-0.1, -0.05) is 11.3 Å². The predicted octanol–water partition coefficient (Wildman–Crippen LogP) is 0.368. The number of halogens is 1. The van der Waals surface area contributed by atoms with Crippen LogP contribution in [0.4, 0.5) is 5.69 Å². The number of aromatic amines is 1. The first-order valence-electron chi connectivity index (χ1n) is 5.64. The quantitative estimate of drug-likeness (QED) is 0.521. The maximum absolute atomic E-state index is 11.7. The van der Waals surface area contributed by atoms with Crippen LogP contribution < -0.4 is 10.6 Å². The highest BCUT2D eigenvalue weighted by Crippen LogP contribution is 2.16. The van der Waals surface area contributed by atoms with Crippen molar-refractivity contribution in [2.45, 2.75) is 13.5 Å². The summed E-state index contributed by atoms with van der Waals surface area (Å²) in [5.41, 5.74) is 1.67. The topological polar surface area (TPSA) is 113 Å². The molecule has 0 saturated carbocycles. The maximum atomic E-state index is 11.7. The number of tetrazole rings is 1. The van der Waals surface area contributed by atoms with Crippen molar-refractivity contribution in [2.24, 2.45) is 0 Å². The summed E-state index contributed by atoms with van der Waals surface area (Å²) in [7, 11) is 0. The molecule has 1 heterocycles. The Balaban J connectivity index is 1.90. The van der Waals surface area contributed by atoms with Crippen LogP contribution in [0.5, 0.6) is 0 Å². The number of H-pyrrole nitrogens is 1. The first-order chi connectivity index (χ1) is 9.56. The minimum atomic E-state index is -0.759. The van der Waals surface area contributed by atoms with Gasteiger partial charge in [0.1, 0.15) is 0 Å². The zero-order valence-corrected chi connectivity index (χ0v) is 12.6. The van der Waals surface area contributed by atoms with Crippen molar-refractivity contribution in [2.75, 3.05) is 5.32 Å². The molecule has 2 rings (SSSR count). The minimum Gasteiger partial charge on any atom is -0.340 e. The molecule has 0 bridgehead atoms. The number of carbonyl (C=O) groups excluding carboxylic acids is 2. The lowest BCUT2D eigenvalue weighted by molar-refractivity contribution is -0.136. The average molecular weight is 386 g/mol. The highest BCUT2D eigenvalue weighted by molar-refractivity contribution is 14.1. The van der Waals surface area contributed by atoms with Gasteiger partial charge in [-0.05, 0) is 47.2 Å². The first kappa shape index (κ1) is 14.4. The lowest BCUT2D eigenvalue weighted by Crippen LogP contribution is -2.35. The van der Waals surface area contributed by atoms with Crippen LogP contribution in [0.1, 0.15) is 11.4 Å². The number of amides is 2. The van der Waals surface area contributed by atoms with Gasteiger partial charge in [-0.15, -0.1) is 10.2 Å². The summed E-state index contributed by atoms with van der Waals surface area (Å²) in [5, 5.41) is 17.8. The molecule has 0 saturated heterocycles. The van der Waals surface area contributed by atoms with Gasteiger partial charge in [0, 0.05) is 9.26 Å². The van der Waals surface area contributed by atoms with Crippen molar-refractivity contribution in [3.05, 3.63) is 33.2 Å². The van der Waals surface area contributed by atoms with E-state index in [4.69, 9.17) is 0 Å². The maximum Gasteiger partial charge on any atom is 0.313 e. The summed E-state index contributed by atoms with van der Waals surface area (Å²) < 4.78 is 1.01. The molecule has 0 atom stereocenters. The van der Waals surface area contributed by atoms with Crippen molar-refractivity contribution in [3.8, 4) is 0 Å². The second kappa shape index (κ2) is 6.41. The van der Waals surface area contributed by atoms with Crippen molar-refractivity contribution >= 4 is 40.1 Å². The fourth-order valence-electron chi connectivity index (χ4n) is 1.36. The standard InChI is InChI=1S/C11H11IN6O2/c1-6-2-3-7(4-8(6)12)14-11(20)10(19)13-5-9-15-17-18-16-9/h2-4H,5H2,1H3,(H,13,19)(H,14,20)(H,15,16,17,18). The molecule has 0 unspecified atom stereocenters. The molecule has 0 aliphatic rings. The Morgan fingerprint density at radius 3 is 2.80 bits per heavy atom. The molecule has 3 N–H and O–H groups in total. The van der Waals surface area contributed by atoms with Crippen LogP contribution >= 0.6 is 22.6 Å². The van der Waals surface area contributed by atoms with E-state index in [0.29, 0.717) is 11.5 Å². The fourth-order valence-corrected chi connectivity index (χ4v) is 1.87. The molecular weight excluding hydrogens is 375 g/mol. The van der Waals surface area contributed by atoms with Crippen molar-refractivity contribution in [1.29, 1.82) is 0 Å². The molecule has 1 aromatic heterocycles. The summed E-state index contributed by atoms with van der Waals surface area (Å²) in [6.07, 6.45) is 0. The van der Waals surface area contributed by atoms with Crippen LogP contribution in [-0.4, -0.2) is 32.4 Å². The van der Waals surface area contributed by atoms with Crippen LogP contribution in [-0.2, 0) is 16.1 Å². The molecule has 20 heavy (non-hydrogen) atoms. The Morgan fingerprint density at radius 1 is 1.35 bits per heavy atom. The molecule has 0 radical (unpaired) electrons. The molecule has 8 nitrogen and oxygen atoms in total. The lowest BCUT2D eigenvalue weighted by atomic mass is 10.2. The van der Waals surface area contributed by atoms with E-state index in [9.17, 15) is 9.59 Å². The highest BCUT2D eigenvalue weighted by Gasteiger charge is 2.14. The van der Waals surface area contributed by atoms with E-state index in [0.717, 1.165) is 9.13 Å². The number of nitrogens with zero attached hydrogens (tertiary/aromatic N) is 3. The van der Waals surface area contributed by atoms with E-state index in [1.807, 2.05) is 13.0 Å². The van der Waals surface area contributed by atoms with E-state index in [2.05, 4.69) is 53.8 Å². The Hall–Kier alpha value is -2.04. The summed E-state index contributed by atoms with van der Waals surface area (Å²) in [5.74, 6) is -1.20. The van der Waals surface area contributed by atoms with Gasteiger partial charge in [-0.3, -0.25) is 9.59 Å². The van der Waals surface area contributed by atoms with Gasteiger partial charge < -0.3 is 10.6 Å². The molecule has 2 aromatic rings. The third-order valence-electron chi connectivity index (χ3n) is 2.43. The van der Waals surface area contributed by atoms with Crippen molar-refractivity contribution in [3.63, 3.8) is 0 Å². The molecule has 104 valence electrons. The van der Waals surface area contributed by atoms with E-state index in [1.54, 1.807) is 12.1 Å². The number of hydrogen-bond acceptors (Lipinski definition) is 5. The summed E-state index contributed by atoms with van der Waals surface area (Å²) in [4.78, 5) is 23.3. The van der Waals surface area contributed by atoms with Crippen molar-refractivity contribution < 1.29 is 9.59 Å². The normalized spacial score (nSPS) is 10.1. The number of benzene rings is 1. The van der Waals surface area contributed by atoms with Crippen molar-refractivity contribution in [1.82, 2.24) is 25.9 Å². The second-order valence-corrected chi connectivity index (χ2v) is 5.09. The second-order valence-electron chi connectivity index (χ2n) is 3.93. The Morgan fingerprint density at radius 2 is 2.15 bits per heavy atom. The van der Waals surface area contributed by atoms with Crippen LogP contribution in [0.3, 0.4) is 0 Å². The molecule has 0 fully saturated rings. The van der Waals surface area contributed by atoms with Crippen LogP contribution in [0.25, 0.3) is 0 Å². The van der Waals surface area contributed by atoms with Gasteiger partial charge in [0.25, 0.3) is 0 Å². The molecule has 0 spiro atoms. The molecule has 2 amide bonds. The Bertz CT molecular complexity index is 628. The fraction of sp³-hybridized carbons (Fsp3) is 0.182. The third-order valence-corrected chi connectivity index (χ3v) is 3.59. The average Bonchev–Trinajstić information content (AvgIpc) is 2.93. The zero-order valence-electron chi connectivity index (χ0n) is 10.5. The number of anilines is 1. The predicted molar refractivity (Wildman–Crippen MR) is 78.6 cm³/mol. The largest absolute Gasteiger partial charge is 0.340 e. The van der Waals surface area contributed by atoms with Gasteiger partial charge in [-0.25, -0.2) is 0 Å². The van der Waals surface area contributed by atoms with Gasteiger partial charge in [0.15, 0.2) is 5.82 Å². The first-order valence-corrected chi connectivity index (χ1v) is 6.72. The summed E-state index contributed by atoms with van der Waals surface area (Å²) in [6, 6.07) is 5.40. The molecule has 1 aromatic carbocycles. The van der Waals surface area contributed by atoms with Crippen LogP contribution in [0.2, 0.25) is 0 Å². The molecular formula is C11H11IN6O2. The summed E-state index contributed by atoms with van der Waals surface area (Å²) in [6.45, 7) is 2.00. The Labute approximate surface area is 127 Å². The third kappa shape index (κ3) is 3.73. The van der Waals surface area contributed by atoms with Gasteiger partial charge in [0.2, 0.25) is 0 Å². The van der Waals surface area contributed by atoms with Crippen LogP contribution in [0, 0.1) is 10.5 Å². The van der Waals surface area contributed by atoms with E-state index in [-0.39, 0.29) is 6.54 Å². The SMILES string of the molecule is Cc1ccc(NC(=O)C(=O)NCc2nn[nH]n2)cc1I.